The molecule has 1 aromatic heterocycles. The minimum atomic E-state index is -0.782. The van der Waals surface area contributed by atoms with Gasteiger partial charge in [-0.2, -0.15) is 0 Å². The predicted molar refractivity (Wildman–Crippen MR) is 83.0 cm³/mol. The molecule has 0 aromatic carbocycles. The Kier molecular flexibility index (Phi) is 7.61. The molecular formula is C14H20Cl2N2O3. The molecule has 0 bridgehead atoms. The molecule has 3 N–H and O–H groups in total. The van der Waals surface area contributed by atoms with Crippen LogP contribution in [0.15, 0.2) is 6.07 Å². The molecule has 0 saturated carbocycles. The van der Waals surface area contributed by atoms with Crippen LogP contribution in [0.2, 0.25) is 10.2 Å². The van der Waals surface area contributed by atoms with E-state index < -0.39 is 5.97 Å². The van der Waals surface area contributed by atoms with Gasteiger partial charge >= 0.3 is 5.97 Å². The maximum atomic E-state index is 11.9. The second kappa shape index (κ2) is 8.95. The fourth-order valence-corrected chi connectivity index (χ4v) is 2.49. The average molecular weight is 335 g/mol. The summed E-state index contributed by atoms with van der Waals surface area (Å²) in [7, 11) is 0. The lowest BCUT2D eigenvalue weighted by Crippen LogP contribution is -2.26. The van der Waals surface area contributed by atoms with Gasteiger partial charge in [0.05, 0.1) is 5.02 Å². The molecule has 0 aliphatic carbocycles. The number of nitrogens with one attached hydrogen (secondary N) is 2. The van der Waals surface area contributed by atoms with Gasteiger partial charge in [0, 0.05) is 13.0 Å². The van der Waals surface area contributed by atoms with Crippen LogP contribution in [0.5, 0.6) is 0 Å². The van der Waals surface area contributed by atoms with E-state index in [4.69, 9.17) is 28.3 Å². The van der Waals surface area contributed by atoms with Crippen LogP contribution in [-0.2, 0) is 4.79 Å². The fourth-order valence-electron chi connectivity index (χ4n) is 2.18. The minimum Gasteiger partial charge on any atom is -0.481 e. The number of hydrogen-bond acceptors (Lipinski definition) is 2. The number of H-pyrrole nitrogens is 1. The van der Waals surface area contributed by atoms with Crippen molar-refractivity contribution in [2.75, 3.05) is 6.54 Å². The Balaban J connectivity index is 2.38. The SMILES string of the molecule is CCCC(CCNC(=O)c1cc(Cl)c(Cl)[nH]1)CCC(=O)O. The maximum Gasteiger partial charge on any atom is 0.303 e. The molecule has 0 radical (unpaired) electrons. The van der Waals surface area contributed by atoms with Gasteiger partial charge < -0.3 is 15.4 Å². The van der Waals surface area contributed by atoms with Gasteiger partial charge in [-0.3, -0.25) is 9.59 Å². The third kappa shape index (κ3) is 6.40. The Morgan fingerprint density at radius 1 is 1.33 bits per heavy atom. The van der Waals surface area contributed by atoms with Gasteiger partial charge in [0.15, 0.2) is 0 Å². The second-order valence-electron chi connectivity index (χ2n) is 4.98. The quantitative estimate of drug-likeness (QED) is 0.643. The van der Waals surface area contributed by atoms with Crippen LogP contribution in [0.4, 0.5) is 0 Å². The number of carboxylic acids is 1. The third-order valence-corrected chi connectivity index (χ3v) is 3.96. The van der Waals surface area contributed by atoms with Crippen molar-refractivity contribution in [3.05, 3.63) is 21.9 Å². The van der Waals surface area contributed by atoms with Crippen molar-refractivity contribution in [2.24, 2.45) is 5.92 Å². The first kappa shape index (κ1) is 17.9. The van der Waals surface area contributed by atoms with Crippen LogP contribution in [-0.4, -0.2) is 28.5 Å². The summed E-state index contributed by atoms with van der Waals surface area (Å²) in [5, 5.41) is 12.1. The van der Waals surface area contributed by atoms with Crippen molar-refractivity contribution in [3.63, 3.8) is 0 Å². The lowest BCUT2D eigenvalue weighted by Gasteiger charge is -2.15. The highest BCUT2D eigenvalue weighted by molar-refractivity contribution is 6.41. The highest BCUT2D eigenvalue weighted by Gasteiger charge is 2.13. The van der Waals surface area contributed by atoms with Gasteiger partial charge in [0.1, 0.15) is 10.8 Å². The summed E-state index contributed by atoms with van der Waals surface area (Å²) in [5.74, 6) is -0.740. The maximum absolute atomic E-state index is 11.9. The molecule has 1 heterocycles. The summed E-state index contributed by atoms with van der Waals surface area (Å²) in [4.78, 5) is 25.2. The van der Waals surface area contributed by atoms with E-state index in [1.807, 2.05) is 0 Å². The van der Waals surface area contributed by atoms with Crippen LogP contribution >= 0.6 is 23.2 Å². The number of amides is 1. The minimum absolute atomic E-state index is 0.167. The number of hydrogen-bond donors (Lipinski definition) is 3. The summed E-state index contributed by atoms with van der Waals surface area (Å²) in [6, 6.07) is 1.48. The Bertz CT molecular complexity index is 469. The van der Waals surface area contributed by atoms with Crippen molar-refractivity contribution < 1.29 is 14.7 Å². The molecule has 0 spiro atoms. The molecule has 7 heteroatoms. The number of aromatic nitrogens is 1. The molecule has 1 rings (SSSR count). The first-order valence-corrected chi connectivity index (χ1v) is 7.73. The third-order valence-electron chi connectivity index (χ3n) is 3.27. The fraction of sp³-hybridized carbons (Fsp3) is 0.571. The number of halogens is 2. The number of aromatic amines is 1. The molecule has 21 heavy (non-hydrogen) atoms. The van der Waals surface area contributed by atoms with Crippen LogP contribution < -0.4 is 5.32 Å². The van der Waals surface area contributed by atoms with Gasteiger partial charge in [0.2, 0.25) is 0 Å². The predicted octanol–water partition coefficient (Wildman–Crippen LogP) is 3.72. The lowest BCUT2D eigenvalue weighted by molar-refractivity contribution is -0.137. The number of carbonyl (C=O) groups is 2. The second-order valence-corrected chi connectivity index (χ2v) is 5.76. The molecule has 0 fully saturated rings. The van der Waals surface area contributed by atoms with Crippen molar-refractivity contribution in [3.8, 4) is 0 Å². The Morgan fingerprint density at radius 2 is 2.05 bits per heavy atom. The van der Waals surface area contributed by atoms with E-state index in [9.17, 15) is 9.59 Å². The molecule has 1 unspecified atom stereocenters. The normalized spacial score (nSPS) is 12.1. The summed E-state index contributed by atoms with van der Waals surface area (Å²) >= 11 is 11.5. The van der Waals surface area contributed by atoms with E-state index in [0.29, 0.717) is 29.6 Å². The van der Waals surface area contributed by atoms with E-state index in [-0.39, 0.29) is 17.5 Å². The van der Waals surface area contributed by atoms with E-state index in [1.165, 1.54) is 6.07 Å². The van der Waals surface area contributed by atoms with E-state index in [2.05, 4.69) is 17.2 Å². The van der Waals surface area contributed by atoms with Crippen LogP contribution in [0.3, 0.4) is 0 Å². The van der Waals surface area contributed by atoms with Crippen molar-refractivity contribution in [2.45, 2.75) is 39.0 Å². The van der Waals surface area contributed by atoms with Gasteiger partial charge in [-0.1, -0.05) is 43.0 Å². The Hall–Kier alpha value is -1.20. The zero-order chi connectivity index (χ0) is 15.8. The molecule has 0 aliphatic rings. The van der Waals surface area contributed by atoms with E-state index in [1.54, 1.807) is 0 Å². The average Bonchev–Trinajstić information content (AvgIpc) is 2.76. The lowest BCUT2D eigenvalue weighted by atomic mass is 9.94. The van der Waals surface area contributed by atoms with Crippen molar-refractivity contribution in [1.29, 1.82) is 0 Å². The zero-order valence-corrected chi connectivity index (χ0v) is 13.4. The summed E-state index contributed by atoms with van der Waals surface area (Å²) in [5.41, 5.74) is 0.322. The van der Waals surface area contributed by atoms with Crippen LogP contribution in [0, 0.1) is 5.92 Å². The summed E-state index contributed by atoms with van der Waals surface area (Å²) < 4.78 is 0. The van der Waals surface area contributed by atoms with Crippen LogP contribution in [0.1, 0.15) is 49.5 Å². The first-order valence-electron chi connectivity index (χ1n) is 6.98. The molecule has 1 aromatic rings. The number of carbonyl (C=O) groups excluding carboxylic acids is 1. The highest BCUT2D eigenvalue weighted by Crippen LogP contribution is 2.22. The Labute approximate surface area is 134 Å². The molecular weight excluding hydrogens is 315 g/mol. The van der Waals surface area contributed by atoms with Crippen molar-refractivity contribution in [1.82, 2.24) is 10.3 Å². The van der Waals surface area contributed by atoms with Gasteiger partial charge in [-0.05, 0) is 24.8 Å². The largest absolute Gasteiger partial charge is 0.481 e. The topological polar surface area (TPSA) is 82.2 Å². The van der Waals surface area contributed by atoms with E-state index >= 15 is 0 Å². The molecule has 1 atom stereocenters. The molecule has 0 saturated heterocycles. The van der Waals surface area contributed by atoms with Gasteiger partial charge in [0.25, 0.3) is 5.91 Å². The molecule has 0 aliphatic heterocycles. The monoisotopic (exact) mass is 334 g/mol. The Morgan fingerprint density at radius 3 is 2.57 bits per heavy atom. The van der Waals surface area contributed by atoms with Gasteiger partial charge in [-0.15, -0.1) is 0 Å². The first-order chi connectivity index (χ1) is 9.93. The van der Waals surface area contributed by atoms with Gasteiger partial charge in [-0.25, -0.2) is 0 Å². The van der Waals surface area contributed by atoms with Crippen LogP contribution in [0.25, 0.3) is 0 Å². The summed E-state index contributed by atoms with van der Waals surface area (Å²) in [6.45, 7) is 2.56. The molecule has 5 nitrogen and oxygen atoms in total. The zero-order valence-electron chi connectivity index (χ0n) is 11.9. The molecule has 118 valence electrons. The van der Waals surface area contributed by atoms with E-state index in [0.717, 1.165) is 19.3 Å². The standard InChI is InChI=1S/C14H20Cl2N2O3/c1-2-3-9(4-5-12(19)20)6-7-17-14(21)11-8-10(15)13(16)18-11/h8-9,18H,2-7H2,1H3,(H,17,21)(H,19,20). The number of aliphatic carboxylic acids is 1. The molecule has 1 amide bonds. The number of rotatable bonds is 9. The van der Waals surface area contributed by atoms with Crippen molar-refractivity contribution >= 4 is 35.1 Å². The summed E-state index contributed by atoms with van der Waals surface area (Å²) in [6.07, 6.45) is 3.53. The number of carboxylic acid groups (broad SMARTS) is 1. The smallest absolute Gasteiger partial charge is 0.303 e. The highest BCUT2D eigenvalue weighted by atomic mass is 35.5.